The van der Waals surface area contributed by atoms with Crippen molar-refractivity contribution in [2.24, 2.45) is 23.7 Å². The molecule has 1 aliphatic heterocycles. The number of amides is 1. The average molecular weight is 404 g/mol. The molecule has 1 aromatic rings. The second-order valence-electron chi connectivity index (χ2n) is 8.84. The molecule has 29 heavy (non-hydrogen) atoms. The van der Waals surface area contributed by atoms with Gasteiger partial charge in [0.1, 0.15) is 0 Å². The highest BCUT2D eigenvalue weighted by molar-refractivity contribution is 6.27. The summed E-state index contributed by atoms with van der Waals surface area (Å²) in [5, 5.41) is 14.8. The lowest BCUT2D eigenvalue weighted by Gasteiger charge is -2.58. The Labute approximate surface area is 169 Å². The molecule has 158 valence electrons. The minimum atomic E-state index is -1.82. The van der Waals surface area contributed by atoms with Gasteiger partial charge in [0.25, 0.3) is 5.91 Å². The first-order valence-electron chi connectivity index (χ1n) is 10.5. The molecule has 0 unspecified atom stereocenters. The van der Waals surface area contributed by atoms with E-state index in [9.17, 15) is 4.79 Å². The lowest BCUT2D eigenvalue weighted by atomic mass is 9.54. The van der Waals surface area contributed by atoms with Gasteiger partial charge in [-0.2, -0.15) is 0 Å². The van der Waals surface area contributed by atoms with Crippen molar-refractivity contribution in [1.82, 2.24) is 9.80 Å². The third-order valence-electron chi connectivity index (χ3n) is 7.11. The van der Waals surface area contributed by atoms with Crippen LogP contribution in [0, 0.1) is 23.7 Å². The molecule has 0 spiro atoms. The van der Waals surface area contributed by atoms with E-state index in [-0.39, 0.29) is 5.91 Å². The third-order valence-corrected chi connectivity index (χ3v) is 7.11. The van der Waals surface area contributed by atoms with Crippen LogP contribution >= 0.6 is 0 Å². The summed E-state index contributed by atoms with van der Waals surface area (Å²) in [5.41, 5.74) is 0. The van der Waals surface area contributed by atoms with Gasteiger partial charge in [0.15, 0.2) is 5.76 Å². The zero-order chi connectivity index (χ0) is 20.5. The van der Waals surface area contributed by atoms with Gasteiger partial charge in [-0.15, -0.1) is 0 Å². The molecule has 5 aliphatic rings. The number of piperazine rings is 1. The van der Waals surface area contributed by atoms with Crippen molar-refractivity contribution in [2.75, 3.05) is 26.2 Å². The lowest BCUT2D eigenvalue weighted by molar-refractivity contribution is -0.159. The summed E-state index contributed by atoms with van der Waals surface area (Å²) in [5.74, 6) is 0.848. The summed E-state index contributed by atoms with van der Waals surface area (Å²) in [4.78, 5) is 35.3. The molecule has 8 nitrogen and oxygen atoms in total. The average Bonchev–Trinajstić information content (AvgIpc) is 3.22. The van der Waals surface area contributed by atoms with E-state index >= 15 is 0 Å². The molecular weight excluding hydrogens is 376 g/mol. The summed E-state index contributed by atoms with van der Waals surface area (Å²) < 4.78 is 5.26. The van der Waals surface area contributed by atoms with Gasteiger partial charge in [-0.3, -0.25) is 9.69 Å². The molecule has 6 rings (SSSR count). The number of aliphatic carboxylic acids is 2. The summed E-state index contributed by atoms with van der Waals surface area (Å²) >= 11 is 0. The van der Waals surface area contributed by atoms with E-state index in [1.54, 1.807) is 18.4 Å². The number of rotatable bonds is 2. The van der Waals surface area contributed by atoms with Crippen molar-refractivity contribution in [2.45, 2.75) is 38.1 Å². The highest BCUT2D eigenvalue weighted by Gasteiger charge is 2.50. The first kappa shape index (κ1) is 19.9. The van der Waals surface area contributed by atoms with Crippen LogP contribution in [0.5, 0.6) is 0 Å². The van der Waals surface area contributed by atoms with Crippen molar-refractivity contribution in [3.8, 4) is 0 Å². The van der Waals surface area contributed by atoms with Crippen LogP contribution in [0.25, 0.3) is 0 Å². The third kappa shape index (κ3) is 4.17. The quantitative estimate of drug-likeness (QED) is 0.725. The maximum Gasteiger partial charge on any atom is 0.414 e. The standard InChI is InChI=1S/C19H26N2O2.C2H2O4/c22-19(17-2-1-7-23-17)21-5-3-20(4-6-21)18-15-9-13-8-14(11-15)12-16(18)10-13;3-1(4)2(5)6/h1-2,7,13-16,18H,3-6,8-12H2;(H,3,4)(H,5,6). The molecule has 2 N–H and O–H groups in total. The van der Waals surface area contributed by atoms with Crippen molar-refractivity contribution >= 4 is 17.8 Å². The Morgan fingerprint density at radius 3 is 1.86 bits per heavy atom. The Bertz CT molecular complexity index is 713. The SMILES string of the molecule is O=C(O)C(=O)O.O=C(c1ccco1)N1CCN(C2C3CC4CC(C3)CC2C4)CC1. The Balaban J connectivity index is 0.000000302. The minimum absolute atomic E-state index is 0.0553. The fraction of sp³-hybridized carbons (Fsp3) is 0.667. The largest absolute Gasteiger partial charge is 0.473 e. The Kier molecular flexibility index (Phi) is 5.63. The monoisotopic (exact) mass is 404 g/mol. The lowest BCUT2D eigenvalue weighted by Crippen LogP contribution is -2.60. The molecule has 8 heteroatoms. The number of furan rings is 1. The molecule has 2 heterocycles. The van der Waals surface area contributed by atoms with Crippen LogP contribution in [0.1, 0.15) is 42.7 Å². The van der Waals surface area contributed by atoms with E-state index in [4.69, 9.17) is 24.2 Å². The number of carboxylic acid groups (broad SMARTS) is 2. The maximum absolute atomic E-state index is 12.4. The predicted molar refractivity (Wildman–Crippen MR) is 102 cm³/mol. The molecule has 4 aliphatic carbocycles. The first-order chi connectivity index (χ1) is 13.9. The van der Waals surface area contributed by atoms with Crippen LogP contribution in [0.15, 0.2) is 22.8 Å². The molecule has 1 amide bonds. The van der Waals surface area contributed by atoms with Crippen LogP contribution in [-0.4, -0.2) is 70.1 Å². The summed E-state index contributed by atoms with van der Waals surface area (Å²) in [6.45, 7) is 3.78. The van der Waals surface area contributed by atoms with Crippen molar-refractivity contribution < 1.29 is 29.0 Å². The zero-order valence-electron chi connectivity index (χ0n) is 16.4. The molecule has 0 aromatic carbocycles. The predicted octanol–water partition coefficient (Wildman–Crippen LogP) is 2.02. The van der Waals surface area contributed by atoms with Crippen molar-refractivity contribution in [1.29, 1.82) is 0 Å². The van der Waals surface area contributed by atoms with Crippen LogP contribution < -0.4 is 0 Å². The molecule has 0 radical (unpaired) electrons. The van der Waals surface area contributed by atoms with E-state index in [0.717, 1.165) is 55.9 Å². The summed E-state index contributed by atoms with van der Waals surface area (Å²) in [6.07, 6.45) is 9.00. The zero-order valence-corrected chi connectivity index (χ0v) is 16.4. The second-order valence-corrected chi connectivity index (χ2v) is 8.84. The van der Waals surface area contributed by atoms with Gasteiger partial charge in [0.05, 0.1) is 6.26 Å². The van der Waals surface area contributed by atoms with E-state index in [1.165, 1.54) is 32.1 Å². The van der Waals surface area contributed by atoms with Gasteiger partial charge in [0.2, 0.25) is 0 Å². The molecule has 1 aromatic heterocycles. The number of hydrogen-bond donors (Lipinski definition) is 2. The van der Waals surface area contributed by atoms with Crippen LogP contribution in [0.4, 0.5) is 0 Å². The Morgan fingerprint density at radius 2 is 1.41 bits per heavy atom. The minimum Gasteiger partial charge on any atom is -0.473 e. The molecule has 4 saturated carbocycles. The number of nitrogens with zero attached hydrogens (tertiary/aromatic N) is 2. The van der Waals surface area contributed by atoms with Gasteiger partial charge in [0, 0.05) is 32.2 Å². The van der Waals surface area contributed by atoms with Gasteiger partial charge in [-0.25, -0.2) is 9.59 Å². The molecular formula is C21H28N2O6. The van der Waals surface area contributed by atoms with E-state index in [0.29, 0.717) is 5.76 Å². The summed E-state index contributed by atoms with van der Waals surface area (Å²) in [6, 6.07) is 4.37. The fourth-order valence-electron chi connectivity index (χ4n) is 6.27. The Hall–Kier alpha value is -2.35. The highest BCUT2D eigenvalue weighted by Crippen LogP contribution is 2.55. The normalized spacial score (nSPS) is 33.1. The Morgan fingerprint density at radius 1 is 0.862 bits per heavy atom. The van der Waals surface area contributed by atoms with E-state index in [2.05, 4.69) is 4.90 Å². The fourth-order valence-corrected chi connectivity index (χ4v) is 6.27. The molecule has 4 bridgehead atoms. The van der Waals surface area contributed by atoms with Gasteiger partial charge >= 0.3 is 11.9 Å². The topological polar surface area (TPSA) is 111 Å². The molecule has 1 saturated heterocycles. The van der Waals surface area contributed by atoms with Gasteiger partial charge in [-0.05, 0) is 67.9 Å². The number of hydrogen-bond acceptors (Lipinski definition) is 5. The number of carboxylic acids is 2. The number of carbonyl (C=O) groups is 3. The number of carbonyl (C=O) groups excluding carboxylic acids is 1. The van der Waals surface area contributed by atoms with Crippen LogP contribution in [0.2, 0.25) is 0 Å². The van der Waals surface area contributed by atoms with Gasteiger partial charge < -0.3 is 19.5 Å². The van der Waals surface area contributed by atoms with Crippen LogP contribution in [-0.2, 0) is 9.59 Å². The highest BCUT2D eigenvalue weighted by atomic mass is 16.4. The maximum atomic E-state index is 12.4. The van der Waals surface area contributed by atoms with Crippen LogP contribution in [0.3, 0.4) is 0 Å². The van der Waals surface area contributed by atoms with E-state index in [1.807, 2.05) is 4.90 Å². The van der Waals surface area contributed by atoms with Crippen molar-refractivity contribution in [3.63, 3.8) is 0 Å². The molecule has 0 atom stereocenters. The second kappa shape index (κ2) is 8.18. The smallest absolute Gasteiger partial charge is 0.414 e. The van der Waals surface area contributed by atoms with Crippen molar-refractivity contribution in [3.05, 3.63) is 24.2 Å². The summed E-state index contributed by atoms with van der Waals surface area (Å²) in [7, 11) is 0. The first-order valence-corrected chi connectivity index (χ1v) is 10.5. The van der Waals surface area contributed by atoms with Gasteiger partial charge in [-0.1, -0.05) is 0 Å². The molecule has 5 fully saturated rings. The van der Waals surface area contributed by atoms with E-state index < -0.39 is 11.9 Å².